The van der Waals surface area contributed by atoms with Gasteiger partial charge in [0.2, 0.25) is 5.91 Å². The van der Waals surface area contributed by atoms with Crippen molar-refractivity contribution in [1.29, 1.82) is 0 Å². The maximum atomic E-state index is 13.1. The van der Waals surface area contributed by atoms with Gasteiger partial charge in [-0.15, -0.1) is 0 Å². The Kier molecular flexibility index (Phi) is 5.55. The van der Waals surface area contributed by atoms with Crippen molar-refractivity contribution in [2.75, 3.05) is 5.32 Å². The summed E-state index contributed by atoms with van der Waals surface area (Å²) in [6.07, 6.45) is 9.46. The molecule has 1 N–H and O–H groups in total. The van der Waals surface area contributed by atoms with Gasteiger partial charge in [0.05, 0.1) is 12.4 Å². The minimum Gasteiger partial charge on any atom is -0.326 e. The molecule has 6 nitrogen and oxygen atoms in total. The first-order valence-corrected chi connectivity index (χ1v) is 9.75. The Balaban J connectivity index is 1.54. The van der Waals surface area contributed by atoms with Crippen LogP contribution in [0, 0.1) is 24.6 Å². The second kappa shape index (κ2) is 8.43. The highest BCUT2D eigenvalue weighted by atomic mass is 19.1. The number of nitrogens with one attached hydrogen (secondary N) is 1. The molecule has 2 aromatic heterocycles. The van der Waals surface area contributed by atoms with Gasteiger partial charge in [-0.25, -0.2) is 24.3 Å². The Bertz CT molecular complexity index is 990. The van der Waals surface area contributed by atoms with Crippen molar-refractivity contribution in [3.63, 3.8) is 0 Å². The Morgan fingerprint density at radius 2 is 1.90 bits per heavy atom. The number of hydrogen-bond acceptors (Lipinski definition) is 5. The number of anilines is 1. The largest absolute Gasteiger partial charge is 0.326 e. The van der Waals surface area contributed by atoms with Gasteiger partial charge >= 0.3 is 0 Å². The molecule has 4 rings (SSSR count). The van der Waals surface area contributed by atoms with Crippen LogP contribution in [-0.2, 0) is 11.2 Å². The van der Waals surface area contributed by atoms with Crippen LogP contribution in [-0.4, -0.2) is 25.8 Å². The molecular formula is C22H22FN5O. The number of nitrogens with zero attached hydrogens (tertiary/aromatic N) is 4. The third-order valence-corrected chi connectivity index (χ3v) is 5.44. The van der Waals surface area contributed by atoms with Crippen molar-refractivity contribution in [3.05, 3.63) is 66.3 Å². The lowest BCUT2D eigenvalue weighted by atomic mass is 9.74. The Morgan fingerprint density at radius 3 is 2.55 bits per heavy atom. The van der Waals surface area contributed by atoms with Gasteiger partial charge in [-0.2, -0.15) is 0 Å². The topological polar surface area (TPSA) is 80.7 Å². The number of carbonyl (C=O) groups is 1. The summed E-state index contributed by atoms with van der Waals surface area (Å²) in [5.41, 5.74) is 2.37. The minimum atomic E-state index is -0.484. The number of carbonyl (C=O) groups excluding carboxylic acids is 1. The molecule has 0 aliphatic heterocycles. The fourth-order valence-corrected chi connectivity index (χ4v) is 3.57. The summed E-state index contributed by atoms with van der Waals surface area (Å²) in [5, 5.41) is 3.04. The maximum Gasteiger partial charge on any atom is 0.228 e. The molecule has 29 heavy (non-hydrogen) atoms. The zero-order chi connectivity index (χ0) is 20.2. The maximum absolute atomic E-state index is 13.1. The van der Waals surface area contributed by atoms with Crippen molar-refractivity contribution in [2.24, 2.45) is 11.8 Å². The summed E-state index contributed by atoms with van der Waals surface area (Å²) >= 11 is 0. The smallest absolute Gasteiger partial charge is 0.228 e. The van der Waals surface area contributed by atoms with Crippen molar-refractivity contribution in [1.82, 2.24) is 19.9 Å². The van der Waals surface area contributed by atoms with E-state index in [1.807, 2.05) is 25.1 Å². The van der Waals surface area contributed by atoms with E-state index >= 15 is 0 Å². The second-order valence-electron chi connectivity index (χ2n) is 7.41. The molecule has 1 fully saturated rings. The summed E-state index contributed by atoms with van der Waals surface area (Å²) in [6, 6.07) is 7.36. The van der Waals surface area contributed by atoms with Gasteiger partial charge in [0.1, 0.15) is 5.82 Å². The molecule has 1 aliphatic carbocycles. The van der Waals surface area contributed by atoms with Crippen LogP contribution in [0.4, 0.5) is 10.1 Å². The van der Waals surface area contributed by atoms with E-state index in [0.29, 0.717) is 29.7 Å². The Morgan fingerprint density at radius 1 is 1.17 bits per heavy atom. The number of hydrogen-bond donors (Lipinski definition) is 1. The van der Waals surface area contributed by atoms with Crippen LogP contribution >= 0.6 is 0 Å². The Hall–Kier alpha value is -3.22. The van der Waals surface area contributed by atoms with Gasteiger partial charge in [-0.3, -0.25) is 4.79 Å². The van der Waals surface area contributed by atoms with Crippen LogP contribution < -0.4 is 5.32 Å². The molecular weight excluding hydrogens is 369 g/mol. The van der Waals surface area contributed by atoms with Gasteiger partial charge in [-0.05, 0) is 49.4 Å². The van der Waals surface area contributed by atoms with Gasteiger partial charge in [0.15, 0.2) is 11.6 Å². The van der Waals surface area contributed by atoms with Crippen LogP contribution in [0.5, 0.6) is 0 Å². The second-order valence-corrected chi connectivity index (χ2v) is 7.41. The van der Waals surface area contributed by atoms with E-state index in [1.165, 1.54) is 0 Å². The lowest BCUT2D eigenvalue weighted by Gasteiger charge is -2.32. The van der Waals surface area contributed by atoms with Crippen molar-refractivity contribution in [2.45, 2.75) is 32.6 Å². The number of aromatic nitrogens is 4. The van der Waals surface area contributed by atoms with Crippen LogP contribution in [0.1, 0.15) is 30.7 Å². The van der Waals surface area contributed by atoms with Gasteiger partial charge < -0.3 is 5.32 Å². The zero-order valence-corrected chi connectivity index (χ0v) is 16.2. The third kappa shape index (κ3) is 4.45. The van der Waals surface area contributed by atoms with E-state index < -0.39 is 5.82 Å². The molecule has 148 valence electrons. The predicted octanol–water partition coefficient (Wildman–Crippen LogP) is 3.98. The molecule has 3 aromatic rings. The molecule has 0 spiro atoms. The molecule has 0 bridgehead atoms. The number of halogens is 1. The van der Waals surface area contributed by atoms with Crippen molar-refractivity contribution >= 4 is 11.6 Å². The number of aryl methyl sites for hydroxylation is 1. The van der Waals surface area contributed by atoms with E-state index in [9.17, 15) is 9.18 Å². The molecule has 0 unspecified atom stereocenters. The zero-order valence-electron chi connectivity index (χ0n) is 16.2. The van der Waals surface area contributed by atoms with E-state index in [4.69, 9.17) is 0 Å². The molecule has 1 amide bonds. The molecule has 1 aromatic carbocycles. The average molecular weight is 391 g/mol. The summed E-state index contributed by atoms with van der Waals surface area (Å²) in [6.45, 7) is 1.93. The van der Waals surface area contributed by atoms with E-state index in [0.717, 1.165) is 42.8 Å². The standard InChI is InChI=1S/C22H22FN5O/c1-14-6-7-17(10-18(14)21-26-12-16(23)13-27-21)28-22(29)19(15-4-2-5-15)11-20-24-8-3-9-25-20/h3,6-10,12-13,15,19H,2,4-5,11H2,1H3,(H,28,29)/t19-/m1/s1. The van der Waals surface area contributed by atoms with Crippen LogP contribution in [0.3, 0.4) is 0 Å². The summed E-state index contributed by atoms with van der Waals surface area (Å²) in [7, 11) is 0. The molecule has 1 atom stereocenters. The SMILES string of the molecule is Cc1ccc(NC(=O)[C@H](Cc2ncccn2)C2CCC2)cc1-c1ncc(F)cn1. The lowest BCUT2D eigenvalue weighted by molar-refractivity contribution is -0.122. The number of amides is 1. The lowest BCUT2D eigenvalue weighted by Crippen LogP contribution is -2.35. The third-order valence-electron chi connectivity index (χ3n) is 5.44. The predicted molar refractivity (Wildman–Crippen MR) is 107 cm³/mol. The Labute approximate surface area is 168 Å². The normalized spacial score (nSPS) is 14.8. The summed E-state index contributed by atoms with van der Waals surface area (Å²) in [5.74, 6) is 0.776. The molecule has 7 heteroatoms. The minimum absolute atomic E-state index is 0.0306. The van der Waals surface area contributed by atoms with Crippen LogP contribution in [0.15, 0.2) is 49.1 Å². The van der Waals surface area contributed by atoms with Crippen molar-refractivity contribution in [3.8, 4) is 11.4 Å². The quantitative estimate of drug-likeness (QED) is 0.687. The summed E-state index contributed by atoms with van der Waals surface area (Å²) in [4.78, 5) is 29.8. The highest BCUT2D eigenvalue weighted by Gasteiger charge is 2.33. The molecule has 0 saturated heterocycles. The molecule has 0 radical (unpaired) electrons. The highest BCUT2D eigenvalue weighted by Crippen LogP contribution is 2.36. The number of benzene rings is 1. The molecule has 1 saturated carbocycles. The fourth-order valence-electron chi connectivity index (χ4n) is 3.57. The van der Waals surface area contributed by atoms with Crippen LogP contribution in [0.2, 0.25) is 0 Å². The monoisotopic (exact) mass is 391 g/mol. The van der Waals surface area contributed by atoms with E-state index in [2.05, 4.69) is 25.3 Å². The first kappa shape index (κ1) is 19.1. The average Bonchev–Trinajstić information content (AvgIpc) is 2.69. The first-order chi connectivity index (χ1) is 14.1. The van der Waals surface area contributed by atoms with Gasteiger partial charge in [0.25, 0.3) is 0 Å². The van der Waals surface area contributed by atoms with E-state index in [-0.39, 0.29) is 11.8 Å². The molecule has 1 aliphatic rings. The first-order valence-electron chi connectivity index (χ1n) is 9.75. The summed E-state index contributed by atoms with van der Waals surface area (Å²) < 4.78 is 13.1. The van der Waals surface area contributed by atoms with Crippen molar-refractivity contribution < 1.29 is 9.18 Å². The van der Waals surface area contributed by atoms with Gasteiger partial charge in [0, 0.05) is 36.0 Å². The number of rotatable bonds is 6. The van der Waals surface area contributed by atoms with E-state index in [1.54, 1.807) is 18.5 Å². The fraction of sp³-hybridized carbons (Fsp3) is 0.318. The molecule has 2 heterocycles. The van der Waals surface area contributed by atoms with Crippen LogP contribution in [0.25, 0.3) is 11.4 Å². The van der Waals surface area contributed by atoms with Gasteiger partial charge in [-0.1, -0.05) is 12.5 Å². The highest BCUT2D eigenvalue weighted by molar-refractivity contribution is 5.93.